The smallest absolute Gasteiger partial charge is 0.276 e. The summed E-state index contributed by atoms with van der Waals surface area (Å²) in [5.41, 5.74) is 5.18. The molecule has 126 valence electrons. The Morgan fingerprint density at radius 1 is 1.17 bits per heavy atom. The highest BCUT2D eigenvalue weighted by atomic mass is 16.5. The zero-order valence-electron chi connectivity index (χ0n) is 13.5. The number of ether oxygens (including phenoxy) is 1. The number of carbonyl (C=O) groups excluding carboxylic acids is 2. The largest absolute Gasteiger partial charge is 0.482 e. The molecule has 1 aromatic carbocycles. The molecular formula is C18H21N3O3. The molecule has 0 spiro atoms. The van der Waals surface area contributed by atoms with E-state index in [1.54, 1.807) is 24.3 Å². The molecule has 2 aliphatic rings. The first-order valence-corrected chi connectivity index (χ1v) is 8.35. The van der Waals surface area contributed by atoms with E-state index in [1.807, 2.05) is 6.07 Å². The number of para-hydroxylation sites is 1. The highest BCUT2D eigenvalue weighted by molar-refractivity contribution is 5.82. The Labute approximate surface area is 141 Å². The molecule has 2 amide bonds. The lowest BCUT2D eigenvalue weighted by Crippen LogP contribution is -2.44. The monoisotopic (exact) mass is 327 g/mol. The molecule has 0 saturated heterocycles. The summed E-state index contributed by atoms with van der Waals surface area (Å²) in [6.45, 7) is -0.257. The van der Waals surface area contributed by atoms with E-state index in [4.69, 9.17) is 10.00 Å². The predicted molar refractivity (Wildman–Crippen MR) is 86.5 cm³/mol. The number of amides is 2. The molecule has 2 fully saturated rings. The fourth-order valence-electron chi connectivity index (χ4n) is 3.92. The van der Waals surface area contributed by atoms with Crippen molar-refractivity contribution in [1.29, 1.82) is 5.26 Å². The van der Waals surface area contributed by atoms with E-state index in [1.165, 1.54) is 19.3 Å². The summed E-state index contributed by atoms with van der Waals surface area (Å²) in [5, 5.41) is 8.95. The lowest BCUT2D eigenvalue weighted by molar-refractivity contribution is -0.130. The van der Waals surface area contributed by atoms with Crippen molar-refractivity contribution in [3.8, 4) is 11.8 Å². The van der Waals surface area contributed by atoms with Gasteiger partial charge in [-0.15, -0.1) is 0 Å². The Kier molecular flexibility index (Phi) is 4.99. The average Bonchev–Trinajstić information content (AvgIpc) is 3.21. The van der Waals surface area contributed by atoms with Crippen molar-refractivity contribution < 1.29 is 14.3 Å². The minimum absolute atomic E-state index is 0.154. The third kappa shape index (κ3) is 3.85. The number of nitriles is 1. The maximum Gasteiger partial charge on any atom is 0.276 e. The second-order valence-corrected chi connectivity index (χ2v) is 6.63. The molecule has 0 aliphatic heterocycles. The SMILES string of the molecule is N#Cc1ccccc1OCC(=O)NNC(=O)C[C@H]1C[C@H]2CC[C@@H]1C2. The third-order valence-corrected chi connectivity index (χ3v) is 5.04. The summed E-state index contributed by atoms with van der Waals surface area (Å²) in [6.07, 6.45) is 5.41. The molecule has 2 N–H and O–H groups in total. The van der Waals surface area contributed by atoms with Gasteiger partial charge in [0.2, 0.25) is 5.91 Å². The van der Waals surface area contributed by atoms with Gasteiger partial charge < -0.3 is 4.74 Å². The van der Waals surface area contributed by atoms with Crippen LogP contribution in [0.3, 0.4) is 0 Å². The van der Waals surface area contributed by atoms with Crippen LogP contribution >= 0.6 is 0 Å². The van der Waals surface area contributed by atoms with Crippen molar-refractivity contribution in [3.63, 3.8) is 0 Å². The number of benzene rings is 1. The van der Waals surface area contributed by atoms with Gasteiger partial charge in [-0.1, -0.05) is 18.6 Å². The highest BCUT2D eigenvalue weighted by Crippen LogP contribution is 2.49. The minimum atomic E-state index is -0.455. The highest BCUT2D eigenvalue weighted by Gasteiger charge is 2.40. The summed E-state index contributed by atoms with van der Waals surface area (Å²) < 4.78 is 5.31. The van der Waals surface area contributed by atoms with Crippen molar-refractivity contribution in [2.24, 2.45) is 17.8 Å². The Morgan fingerprint density at radius 3 is 2.67 bits per heavy atom. The molecule has 6 nitrogen and oxygen atoms in total. The predicted octanol–water partition coefficient (Wildman–Crippen LogP) is 1.91. The van der Waals surface area contributed by atoms with Gasteiger partial charge in [-0.2, -0.15) is 5.26 Å². The quantitative estimate of drug-likeness (QED) is 0.808. The molecule has 2 bridgehead atoms. The van der Waals surface area contributed by atoms with Gasteiger partial charge in [0.15, 0.2) is 6.61 Å². The molecule has 2 aliphatic carbocycles. The van der Waals surface area contributed by atoms with Crippen LogP contribution in [-0.2, 0) is 9.59 Å². The van der Waals surface area contributed by atoms with Crippen LogP contribution in [0.4, 0.5) is 0 Å². The second kappa shape index (κ2) is 7.35. The molecule has 2 saturated carbocycles. The Morgan fingerprint density at radius 2 is 1.96 bits per heavy atom. The van der Waals surface area contributed by atoms with E-state index >= 15 is 0 Å². The Bertz CT molecular complexity index is 668. The molecule has 0 radical (unpaired) electrons. The van der Waals surface area contributed by atoms with Crippen molar-refractivity contribution in [2.45, 2.75) is 32.1 Å². The van der Waals surface area contributed by atoms with Gasteiger partial charge in [-0.25, -0.2) is 0 Å². The van der Waals surface area contributed by atoms with Crippen LogP contribution in [0.25, 0.3) is 0 Å². The Balaban J connectivity index is 1.38. The summed E-state index contributed by atoms with van der Waals surface area (Å²) >= 11 is 0. The first-order valence-electron chi connectivity index (χ1n) is 8.35. The summed E-state index contributed by atoms with van der Waals surface area (Å²) in [4.78, 5) is 23.7. The van der Waals surface area contributed by atoms with Gasteiger partial charge >= 0.3 is 0 Å². The van der Waals surface area contributed by atoms with Crippen molar-refractivity contribution in [2.75, 3.05) is 6.61 Å². The van der Waals surface area contributed by atoms with E-state index in [-0.39, 0.29) is 12.5 Å². The van der Waals surface area contributed by atoms with E-state index in [0.717, 1.165) is 12.3 Å². The molecule has 0 aromatic heterocycles. The fraction of sp³-hybridized carbons (Fsp3) is 0.500. The van der Waals surface area contributed by atoms with Crippen molar-refractivity contribution >= 4 is 11.8 Å². The van der Waals surface area contributed by atoms with Crippen LogP contribution in [0.2, 0.25) is 0 Å². The van der Waals surface area contributed by atoms with Gasteiger partial charge in [-0.3, -0.25) is 20.4 Å². The number of hydrazine groups is 1. The van der Waals surface area contributed by atoms with Crippen LogP contribution in [0, 0.1) is 29.1 Å². The zero-order valence-corrected chi connectivity index (χ0v) is 13.5. The average molecular weight is 327 g/mol. The van der Waals surface area contributed by atoms with Crippen molar-refractivity contribution in [3.05, 3.63) is 29.8 Å². The fourth-order valence-corrected chi connectivity index (χ4v) is 3.92. The third-order valence-electron chi connectivity index (χ3n) is 5.04. The maximum absolute atomic E-state index is 11.9. The van der Waals surface area contributed by atoms with E-state index in [9.17, 15) is 9.59 Å². The second-order valence-electron chi connectivity index (χ2n) is 6.63. The first-order chi connectivity index (χ1) is 11.7. The van der Waals surface area contributed by atoms with Crippen LogP contribution in [0.1, 0.15) is 37.7 Å². The van der Waals surface area contributed by atoms with Gasteiger partial charge in [0, 0.05) is 6.42 Å². The molecule has 3 rings (SSSR count). The first kappa shape index (κ1) is 16.3. The molecule has 0 heterocycles. The van der Waals surface area contributed by atoms with E-state index in [0.29, 0.717) is 29.6 Å². The van der Waals surface area contributed by atoms with Gasteiger partial charge in [-0.05, 0) is 49.1 Å². The molecule has 24 heavy (non-hydrogen) atoms. The van der Waals surface area contributed by atoms with Gasteiger partial charge in [0.05, 0.1) is 5.56 Å². The topological polar surface area (TPSA) is 91.2 Å². The number of rotatable bonds is 5. The molecule has 0 unspecified atom stereocenters. The number of hydrogen-bond acceptors (Lipinski definition) is 4. The molecular weight excluding hydrogens is 306 g/mol. The van der Waals surface area contributed by atoms with Crippen LogP contribution < -0.4 is 15.6 Å². The number of hydrogen-bond donors (Lipinski definition) is 2. The molecule has 3 atom stereocenters. The van der Waals surface area contributed by atoms with E-state index < -0.39 is 5.91 Å². The number of fused-ring (bicyclic) bond motifs is 2. The summed E-state index contributed by atoms with van der Waals surface area (Å²) in [5.74, 6) is 1.68. The minimum Gasteiger partial charge on any atom is -0.482 e. The number of nitrogens with one attached hydrogen (secondary N) is 2. The standard InChI is InChI=1S/C18H21N3O3/c19-10-14-3-1-2-4-16(14)24-11-18(23)21-20-17(22)9-15-8-12-5-6-13(15)7-12/h1-4,12-13,15H,5-9,11H2,(H,20,22)(H,21,23)/t12-,13+,15+/m0/s1. The van der Waals surface area contributed by atoms with Crippen LogP contribution in [-0.4, -0.2) is 18.4 Å². The van der Waals surface area contributed by atoms with Gasteiger partial charge in [0.25, 0.3) is 5.91 Å². The molecule has 1 aromatic rings. The normalized spacial score (nSPS) is 24.2. The van der Waals surface area contributed by atoms with E-state index in [2.05, 4.69) is 10.9 Å². The Hall–Kier alpha value is -2.55. The maximum atomic E-state index is 11.9. The van der Waals surface area contributed by atoms with Crippen LogP contribution in [0.5, 0.6) is 5.75 Å². The number of nitrogens with zero attached hydrogens (tertiary/aromatic N) is 1. The van der Waals surface area contributed by atoms with Gasteiger partial charge in [0.1, 0.15) is 11.8 Å². The number of carbonyl (C=O) groups is 2. The van der Waals surface area contributed by atoms with Crippen LogP contribution in [0.15, 0.2) is 24.3 Å². The molecule has 6 heteroatoms. The summed E-state index contributed by atoms with van der Waals surface area (Å²) in [7, 11) is 0. The lowest BCUT2D eigenvalue weighted by Gasteiger charge is -2.20. The zero-order chi connectivity index (χ0) is 16.9. The lowest BCUT2D eigenvalue weighted by atomic mass is 9.86. The summed E-state index contributed by atoms with van der Waals surface area (Å²) in [6, 6.07) is 8.69. The van der Waals surface area contributed by atoms with Crippen molar-refractivity contribution in [1.82, 2.24) is 10.9 Å².